The van der Waals surface area contributed by atoms with E-state index in [1.807, 2.05) is 6.92 Å². The second-order valence-electron chi connectivity index (χ2n) is 4.37. The molecular formula is C12H26O12S3. The molecule has 15 heteroatoms. The van der Waals surface area contributed by atoms with Crippen molar-refractivity contribution in [3.63, 3.8) is 0 Å². The summed E-state index contributed by atoms with van der Waals surface area (Å²) in [6.07, 6.45) is 0.594. The van der Waals surface area contributed by atoms with Gasteiger partial charge in [-0.2, -0.15) is 25.3 Å². The topological polar surface area (TPSA) is 224 Å². The second kappa shape index (κ2) is 15.8. The summed E-state index contributed by atoms with van der Waals surface area (Å²) in [6, 6.07) is 0. The molecule has 6 N–H and O–H groups in total. The maximum atomic E-state index is 9.44. The maximum Gasteiger partial charge on any atom is 0.287 e. The molecule has 0 rings (SSSR count). The van der Waals surface area contributed by atoms with Crippen LogP contribution >= 0.6 is 0 Å². The fraction of sp³-hybridized carbons (Fsp3) is 0.500. The number of hydrogen-bond donors (Lipinski definition) is 6. The molecule has 0 bridgehead atoms. The van der Waals surface area contributed by atoms with Crippen molar-refractivity contribution in [3.05, 3.63) is 36.0 Å². The van der Waals surface area contributed by atoms with Crippen molar-refractivity contribution in [2.75, 3.05) is 19.8 Å². The van der Waals surface area contributed by atoms with Gasteiger partial charge >= 0.3 is 0 Å². The monoisotopic (exact) mass is 458 g/mol. The molecule has 0 spiro atoms. The Bertz CT molecular complexity index is 578. The van der Waals surface area contributed by atoms with Gasteiger partial charge in [-0.3, -0.25) is 13.7 Å². The summed E-state index contributed by atoms with van der Waals surface area (Å²) in [6.45, 7) is 9.74. The first kappa shape index (κ1) is 33.4. The molecule has 27 heavy (non-hydrogen) atoms. The summed E-state index contributed by atoms with van der Waals surface area (Å²) in [5, 5.41) is 27.4. The molecular weight excluding hydrogens is 432 g/mol. The van der Waals surface area contributed by atoms with Gasteiger partial charge in [0.15, 0.2) is 0 Å². The highest BCUT2D eigenvalue weighted by Gasteiger charge is 2.24. The van der Waals surface area contributed by atoms with Gasteiger partial charge in [-0.25, -0.2) is 0 Å². The molecule has 0 heterocycles. The van der Waals surface area contributed by atoms with Crippen molar-refractivity contribution >= 4 is 30.4 Å². The van der Waals surface area contributed by atoms with Gasteiger partial charge in [0.2, 0.25) is 0 Å². The van der Waals surface area contributed by atoms with Gasteiger partial charge in [-0.15, -0.1) is 0 Å². The van der Waals surface area contributed by atoms with Gasteiger partial charge in [0.05, 0.1) is 36.0 Å². The Morgan fingerprint density at radius 2 is 0.815 bits per heavy atom. The van der Waals surface area contributed by atoms with E-state index in [1.165, 1.54) is 0 Å². The van der Waals surface area contributed by atoms with Gasteiger partial charge in [0.25, 0.3) is 30.4 Å². The second-order valence-corrected chi connectivity index (χ2v) is 8.46. The Balaban J connectivity index is -0.000000133. The van der Waals surface area contributed by atoms with Gasteiger partial charge in [0, 0.05) is 5.41 Å². The molecule has 164 valence electrons. The quantitative estimate of drug-likeness (QED) is 0.263. The Hall–Kier alpha value is -1.17. The highest BCUT2D eigenvalue weighted by atomic mass is 32.2. The predicted octanol–water partition coefficient (Wildman–Crippen LogP) is -0.587. The average Bonchev–Trinajstić information content (AvgIpc) is 2.57. The van der Waals surface area contributed by atoms with Crippen LogP contribution in [-0.2, 0) is 30.4 Å². The summed E-state index contributed by atoms with van der Waals surface area (Å²) >= 11 is 0. The zero-order valence-corrected chi connectivity index (χ0v) is 17.0. The molecule has 0 aliphatic rings. The van der Waals surface area contributed by atoms with E-state index in [0.29, 0.717) is 22.6 Å². The SMILES string of the molecule is C=CS(=O)(=O)O.C=CS(=O)(=O)O.C=CS(=O)(=O)O.CCC(CO)(CO)CO. The first-order chi connectivity index (χ1) is 11.9. The smallest absolute Gasteiger partial charge is 0.287 e. The number of rotatable bonds is 7. The zero-order chi connectivity index (χ0) is 22.9. The van der Waals surface area contributed by atoms with Crippen molar-refractivity contribution in [2.24, 2.45) is 5.41 Å². The number of hydrogen-bond acceptors (Lipinski definition) is 9. The van der Waals surface area contributed by atoms with E-state index in [9.17, 15) is 25.3 Å². The molecule has 0 aromatic heterocycles. The van der Waals surface area contributed by atoms with Crippen molar-refractivity contribution in [1.82, 2.24) is 0 Å². The molecule has 0 aromatic carbocycles. The van der Waals surface area contributed by atoms with Crippen LogP contribution in [0.2, 0.25) is 0 Å². The lowest BCUT2D eigenvalue weighted by Gasteiger charge is -2.24. The Morgan fingerprint density at radius 1 is 0.667 bits per heavy atom. The minimum absolute atomic E-state index is 0.156. The van der Waals surface area contributed by atoms with Gasteiger partial charge < -0.3 is 15.3 Å². The lowest BCUT2D eigenvalue weighted by Crippen LogP contribution is -2.32. The largest absolute Gasteiger partial charge is 0.396 e. The van der Waals surface area contributed by atoms with E-state index in [0.717, 1.165) is 0 Å². The van der Waals surface area contributed by atoms with E-state index >= 15 is 0 Å². The van der Waals surface area contributed by atoms with Crippen LogP contribution in [0.1, 0.15) is 13.3 Å². The molecule has 0 atom stereocenters. The first-order valence-corrected chi connectivity index (χ1v) is 11.1. The summed E-state index contributed by atoms with van der Waals surface area (Å²) in [5.74, 6) is 0. The van der Waals surface area contributed by atoms with Crippen LogP contribution in [0.15, 0.2) is 36.0 Å². The molecule has 0 unspecified atom stereocenters. The van der Waals surface area contributed by atoms with Crippen molar-refractivity contribution in [2.45, 2.75) is 13.3 Å². The Morgan fingerprint density at radius 3 is 0.815 bits per heavy atom. The molecule has 0 fully saturated rings. The lowest BCUT2D eigenvalue weighted by molar-refractivity contribution is 0.00304. The van der Waals surface area contributed by atoms with E-state index in [-0.39, 0.29) is 19.8 Å². The van der Waals surface area contributed by atoms with E-state index in [2.05, 4.69) is 19.7 Å². The molecule has 0 aliphatic heterocycles. The summed E-state index contributed by atoms with van der Waals surface area (Å²) < 4.78 is 79.7. The van der Waals surface area contributed by atoms with Crippen LogP contribution < -0.4 is 0 Å². The number of aliphatic hydroxyl groups is 3. The van der Waals surface area contributed by atoms with Crippen molar-refractivity contribution < 1.29 is 54.2 Å². The summed E-state index contributed by atoms with van der Waals surface area (Å²) in [4.78, 5) is 0. The predicted molar refractivity (Wildman–Crippen MR) is 99.2 cm³/mol. The Labute approximate surface area is 159 Å². The lowest BCUT2D eigenvalue weighted by atomic mass is 9.88. The zero-order valence-electron chi connectivity index (χ0n) is 14.5. The first-order valence-electron chi connectivity index (χ1n) is 6.55. The molecule has 0 amide bonds. The third kappa shape index (κ3) is 32.9. The molecule has 0 saturated heterocycles. The van der Waals surface area contributed by atoms with Crippen molar-refractivity contribution in [1.29, 1.82) is 0 Å². The van der Waals surface area contributed by atoms with Gasteiger partial charge in [-0.05, 0) is 6.42 Å². The van der Waals surface area contributed by atoms with Crippen LogP contribution in [0.5, 0.6) is 0 Å². The van der Waals surface area contributed by atoms with Crippen LogP contribution in [0.25, 0.3) is 0 Å². The van der Waals surface area contributed by atoms with Gasteiger partial charge in [0.1, 0.15) is 0 Å². The standard InChI is InChI=1S/C6H14O3.3C2H4O3S/c1-2-6(3-7,4-8)5-9;3*1-2-6(3,4)5/h7-9H,2-5H2,1H3;3*2H,1H2,(H,3,4,5). The van der Waals surface area contributed by atoms with E-state index < -0.39 is 35.8 Å². The van der Waals surface area contributed by atoms with Crippen LogP contribution in [0.3, 0.4) is 0 Å². The summed E-state index contributed by atoms with van der Waals surface area (Å²) in [5.41, 5.74) is -0.667. The summed E-state index contributed by atoms with van der Waals surface area (Å²) in [7, 11) is -11.7. The molecule has 0 radical (unpaired) electrons. The average molecular weight is 459 g/mol. The van der Waals surface area contributed by atoms with Gasteiger partial charge in [-0.1, -0.05) is 26.7 Å². The third-order valence-electron chi connectivity index (χ3n) is 2.39. The molecule has 0 aliphatic carbocycles. The van der Waals surface area contributed by atoms with Crippen LogP contribution in [0.4, 0.5) is 0 Å². The maximum absolute atomic E-state index is 9.44. The van der Waals surface area contributed by atoms with Crippen LogP contribution in [-0.4, -0.2) is 74.1 Å². The fourth-order valence-corrected chi connectivity index (χ4v) is 0.485. The minimum atomic E-state index is -3.90. The van der Waals surface area contributed by atoms with Crippen molar-refractivity contribution in [3.8, 4) is 0 Å². The molecule has 12 nitrogen and oxygen atoms in total. The highest BCUT2D eigenvalue weighted by molar-refractivity contribution is 7.89. The minimum Gasteiger partial charge on any atom is -0.396 e. The third-order valence-corrected chi connectivity index (χ3v) is 3.65. The molecule has 0 aromatic rings. The molecule has 0 saturated carbocycles. The normalized spacial score (nSPS) is 11.2. The Kier molecular flexibility index (Phi) is 19.6. The van der Waals surface area contributed by atoms with Crippen LogP contribution in [0, 0.1) is 5.41 Å². The van der Waals surface area contributed by atoms with E-state index in [4.69, 9.17) is 29.0 Å². The van der Waals surface area contributed by atoms with E-state index in [1.54, 1.807) is 0 Å². The number of aliphatic hydroxyl groups excluding tert-OH is 3. The highest BCUT2D eigenvalue weighted by Crippen LogP contribution is 2.18. The fourth-order valence-electron chi connectivity index (χ4n) is 0.485.